The third-order valence-electron chi connectivity index (χ3n) is 3.56. The van der Waals surface area contributed by atoms with Gasteiger partial charge in [-0.2, -0.15) is 0 Å². The van der Waals surface area contributed by atoms with E-state index in [1.54, 1.807) is 6.92 Å². The van der Waals surface area contributed by atoms with Gasteiger partial charge in [0.15, 0.2) is 5.78 Å². The van der Waals surface area contributed by atoms with Gasteiger partial charge in [0.1, 0.15) is 5.75 Å². The smallest absolute Gasteiger partial charge is 0.160 e. The molecule has 2 nitrogen and oxygen atoms in total. The second-order valence-corrected chi connectivity index (χ2v) is 5.17. The lowest BCUT2D eigenvalue weighted by molar-refractivity contribution is 0.101. The van der Waals surface area contributed by atoms with Crippen molar-refractivity contribution in [2.75, 3.05) is 6.61 Å². The van der Waals surface area contributed by atoms with Crippen LogP contribution in [0.4, 0.5) is 0 Å². The fraction of sp³-hybridized carbons (Fsp3) is 0.316. The summed E-state index contributed by atoms with van der Waals surface area (Å²) >= 11 is 0. The number of hydrogen-bond acceptors (Lipinski definition) is 2. The maximum atomic E-state index is 11.7. The molecular formula is C19H22O2. The molecule has 0 radical (unpaired) electrons. The number of hydrogen-bond donors (Lipinski definition) is 0. The number of para-hydroxylation sites is 1. The third kappa shape index (κ3) is 4.45. The number of Topliss-reactive ketones (excluding diaryl/α,β-unsaturated/α-hetero) is 1. The zero-order chi connectivity index (χ0) is 15.1. The predicted molar refractivity (Wildman–Crippen MR) is 86.1 cm³/mol. The molecule has 2 heteroatoms. The van der Waals surface area contributed by atoms with E-state index in [1.807, 2.05) is 36.4 Å². The molecule has 0 aliphatic heterocycles. The molecule has 0 unspecified atom stereocenters. The first-order valence-electron chi connectivity index (χ1n) is 7.51. The molecule has 2 rings (SSSR count). The minimum Gasteiger partial charge on any atom is -0.494 e. The van der Waals surface area contributed by atoms with Crippen molar-refractivity contribution < 1.29 is 9.53 Å². The molecule has 0 aromatic heterocycles. The Morgan fingerprint density at radius 3 is 2.52 bits per heavy atom. The highest BCUT2D eigenvalue weighted by Crippen LogP contribution is 2.15. The molecule has 0 saturated heterocycles. The van der Waals surface area contributed by atoms with Crippen LogP contribution >= 0.6 is 0 Å². The summed E-state index contributed by atoms with van der Waals surface area (Å²) in [6.07, 6.45) is 2.77. The molecule has 2 aromatic rings. The van der Waals surface area contributed by atoms with Gasteiger partial charge >= 0.3 is 0 Å². The highest BCUT2D eigenvalue weighted by atomic mass is 16.5. The highest BCUT2D eigenvalue weighted by molar-refractivity contribution is 5.95. The topological polar surface area (TPSA) is 26.3 Å². The molecule has 0 aliphatic rings. The summed E-state index contributed by atoms with van der Waals surface area (Å²) in [4.78, 5) is 11.7. The average Bonchev–Trinajstić information content (AvgIpc) is 2.52. The molecule has 0 heterocycles. The second kappa shape index (κ2) is 7.63. The van der Waals surface area contributed by atoms with Gasteiger partial charge in [0.2, 0.25) is 0 Å². The minimum atomic E-state index is 0.147. The largest absolute Gasteiger partial charge is 0.494 e. The number of carbonyl (C=O) groups excluding carboxylic acids is 1. The number of aryl methyl sites for hydroxylation is 2. The third-order valence-corrected chi connectivity index (χ3v) is 3.56. The minimum absolute atomic E-state index is 0.147. The van der Waals surface area contributed by atoms with E-state index in [9.17, 15) is 4.79 Å². The van der Waals surface area contributed by atoms with Crippen molar-refractivity contribution in [3.63, 3.8) is 0 Å². The van der Waals surface area contributed by atoms with Gasteiger partial charge in [-0.25, -0.2) is 0 Å². The lowest BCUT2D eigenvalue weighted by Crippen LogP contribution is -2.03. The van der Waals surface area contributed by atoms with Gasteiger partial charge in [-0.3, -0.25) is 4.79 Å². The SMILES string of the molecule is CCc1ccc(CCCOc2ccccc2)cc1C(C)=O. The lowest BCUT2D eigenvalue weighted by atomic mass is 9.97. The standard InChI is InChI=1S/C19H22O2/c1-3-17-12-11-16(14-19(17)15(2)20)8-7-13-21-18-9-5-4-6-10-18/h4-6,9-12,14H,3,7-8,13H2,1-2H3. The van der Waals surface area contributed by atoms with Crippen LogP contribution in [-0.2, 0) is 12.8 Å². The Balaban J connectivity index is 1.88. The average molecular weight is 282 g/mol. The Kier molecular flexibility index (Phi) is 5.56. The number of rotatable bonds is 7. The Morgan fingerprint density at radius 2 is 1.86 bits per heavy atom. The van der Waals surface area contributed by atoms with Crippen LogP contribution < -0.4 is 4.74 Å². The zero-order valence-electron chi connectivity index (χ0n) is 12.8. The van der Waals surface area contributed by atoms with Crippen molar-refractivity contribution in [2.24, 2.45) is 0 Å². The van der Waals surface area contributed by atoms with Gasteiger partial charge in [-0.15, -0.1) is 0 Å². The first kappa shape index (κ1) is 15.3. The Labute approximate surface area is 126 Å². The number of ether oxygens (including phenoxy) is 1. The van der Waals surface area contributed by atoms with Crippen molar-refractivity contribution >= 4 is 5.78 Å². The molecule has 0 saturated carbocycles. The molecule has 0 spiro atoms. The van der Waals surface area contributed by atoms with Gasteiger partial charge in [0.05, 0.1) is 6.61 Å². The highest BCUT2D eigenvalue weighted by Gasteiger charge is 2.07. The van der Waals surface area contributed by atoms with Crippen LogP contribution in [-0.4, -0.2) is 12.4 Å². The molecule has 0 bridgehead atoms. The van der Waals surface area contributed by atoms with E-state index < -0.39 is 0 Å². The van der Waals surface area contributed by atoms with Gasteiger partial charge < -0.3 is 4.74 Å². The van der Waals surface area contributed by atoms with Crippen LogP contribution in [0.3, 0.4) is 0 Å². The fourth-order valence-corrected chi connectivity index (χ4v) is 2.40. The first-order chi connectivity index (χ1) is 10.2. The molecule has 21 heavy (non-hydrogen) atoms. The van der Waals surface area contributed by atoms with Gasteiger partial charge in [0.25, 0.3) is 0 Å². The number of carbonyl (C=O) groups is 1. The second-order valence-electron chi connectivity index (χ2n) is 5.17. The monoisotopic (exact) mass is 282 g/mol. The fourth-order valence-electron chi connectivity index (χ4n) is 2.40. The molecule has 0 N–H and O–H groups in total. The zero-order valence-corrected chi connectivity index (χ0v) is 12.8. The molecule has 110 valence electrons. The Bertz CT molecular complexity index is 588. The van der Waals surface area contributed by atoms with Crippen molar-refractivity contribution in [2.45, 2.75) is 33.1 Å². The van der Waals surface area contributed by atoms with Crippen LogP contribution in [0, 0.1) is 0 Å². The van der Waals surface area contributed by atoms with Crippen LogP contribution in [0.25, 0.3) is 0 Å². The van der Waals surface area contributed by atoms with Gasteiger partial charge in [0, 0.05) is 5.56 Å². The molecule has 2 aromatic carbocycles. The maximum absolute atomic E-state index is 11.7. The first-order valence-corrected chi connectivity index (χ1v) is 7.51. The summed E-state index contributed by atoms with van der Waals surface area (Å²) in [7, 11) is 0. The molecule has 0 atom stereocenters. The number of ketones is 1. The Hall–Kier alpha value is -2.09. The van der Waals surface area contributed by atoms with Crippen molar-refractivity contribution in [3.8, 4) is 5.75 Å². The van der Waals surface area contributed by atoms with Gasteiger partial charge in [-0.1, -0.05) is 37.3 Å². The lowest BCUT2D eigenvalue weighted by Gasteiger charge is -2.09. The van der Waals surface area contributed by atoms with Crippen LogP contribution in [0.15, 0.2) is 48.5 Å². The Morgan fingerprint density at radius 1 is 1.10 bits per heavy atom. The van der Waals surface area contributed by atoms with E-state index in [-0.39, 0.29) is 5.78 Å². The van der Waals surface area contributed by atoms with Crippen LogP contribution in [0.2, 0.25) is 0 Å². The van der Waals surface area contributed by atoms with Crippen molar-refractivity contribution in [1.29, 1.82) is 0 Å². The number of benzene rings is 2. The van der Waals surface area contributed by atoms with E-state index >= 15 is 0 Å². The van der Waals surface area contributed by atoms with E-state index in [4.69, 9.17) is 4.74 Å². The molecule has 0 aliphatic carbocycles. The van der Waals surface area contributed by atoms with E-state index in [1.165, 1.54) is 5.56 Å². The van der Waals surface area contributed by atoms with Crippen molar-refractivity contribution in [1.82, 2.24) is 0 Å². The summed E-state index contributed by atoms with van der Waals surface area (Å²) in [6, 6.07) is 16.1. The summed E-state index contributed by atoms with van der Waals surface area (Å²) in [6.45, 7) is 4.40. The maximum Gasteiger partial charge on any atom is 0.160 e. The summed E-state index contributed by atoms with van der Waals surface area (Å²) in [5, 5.41) is 0. The molecule has 0 fully saturated rings. The molecular weight excluding hydrogens is 260 g/mol. The van der Waals surface area contributed by atoms with E-state index in [2.05, 4.69) is 19.1 Å². The quantitative estimate of drug-likeness (QED) is 0.553. The summed E-state index contributed by atoms with van der Waals surface area (Å²) in [5.41, 5.74) is 3.19. The molecule has 0 amide bonds. The predicted octanol–water partition coefficient (Wildman–Crippen LogP) is 4.46. The summed E-state index contributed by atoms with van der Waals surface area (Å²) in [5.74, 6) is 1.05. The summed E-state index contributed by atoms with van der Waals surface area (Å²) < 4.78 is 5.68. The van der Waals surface area contributed by atoms with Crippen LogP contribution in [0.5, 0.6) is 5.75 Å². The van der Waals surface area contributed by atoms with Crippen LogP contribution in [0.1, 0.15) is 41.8 Å². The van der Waals surface area contributed by atoms with E-state index in [0.717, 1.165) is 36.1 Å². The van der Waals surface area contributed by atoms with Gasteiger partial charge in [-0.05, 0) is 55.5 Å². The van der Waals surface area contributed by atoms with E-state index in [0.29, 0.717) is 6.61 Å². The van der Waals surface area contributed by atoms with Crippen molar-refractivity contribution in [3.05, 3.63) is 65.2 Å². The normalized spacial score (nSPS) is 10.4.